The summed E-state index contributed by atoms with van der Waals surface area (Å²) in [6.45, 7) is 0.639. The molecule has 0 aliphatic heterocycles. The first kappa shape index (κ1) is 10.4. The fraction of sp³-hybridized carbons (Fsp3) is 0.583. The summed E-state index contributed by atoms with van der Waals surface area (Å²) in [5.74, 6) is 0.905. The third-order valence-corrected chi connectivity index (χ3v) is 2.83. The molecule has 15 heavy (non-hydrogen) atoms. The molecular weight excluding hydrogens is 188 g/mol. The molecule has 0 unspecified atom stereocenters. The lowest BCUT2D eigenvalue weighted by molar-refractivity contribution is 0.0438. The highest BCUT2D eigenvalue weighted by Crippen LogP contribution is 2.21. The van der Waals surface area contributed by atoms with Crippen molar-refractivity contribution in [2.24, 2.45) is 0 Å². The van der Waals surface area contributed by atoms with Crippen molar-refractivity contribution in [1.82, 2.24) is 4.98 Å². The fourth-order valence-electron chi connectivity index (χ4n) is 1.96. The van der Waals surface area contributed by atoms with E-state index in [0.29, 0.717) is 12.7 Å². The molecule has 0 spiro atoms. The van der Waals surface area contributed by atoms with E-state index in [0.717, 1.165) is 11.5 Å². The van der Waals surface area contributed by atoms with E-state index in [9.17, 15) is 0 Å². The minimum absolute atomic E-state index is 0.463. The second-order valence-corrected chi connectivity index (χ2v) is 3.98. The van der Waals surface area contributed by atoms with Crippen LogP contribution in [0.2, 0.25) is 0 Å². The number of hydrogen-bond donors (Lipinski definition) is 1. The minimum Gasteiger partial charge on any atom is -0.373 e. The molecule has 1 heterocycles. The Morgan fingerprint density at radius 2 is 2.20 bits per heavy atom. The van der Waals surface area contributed by atoms with Crippen molar-refractivity contribution >= 4 is 5.82 Å². The number of aromatic nitrogens is 1. The summed E-state index contributed by atoms with van der Waals surface area (Å²) < 4.78 is 5.80. The molecule has 1 saturated carbocycles. The molecule has 1 fully saturated rings. The Balaban J connectivity index is 1.86. The Hall–Kier alpha value is -1.09. The highest BCUT2D eigenvalue weighted by atomic mass is 16.5. The van der Waals surface area contributed by atoms with Crippen molar-refractivity contribution < 1.29 is 4.74 Å². The van der Waals surface area contributed by atoms with Gasteiger partial charge in [-0.15, -0.1) is 0 Å². The van der Waals surface area contributed by atoms with Gasteiger partial charge in [0.1, 0.15) is 5.82 Å². The van der Waals surface area contributed by atoms with Crippen molar-refractivity contribution in [3.05, 3.63) is 23.9 Å². The molecular formula is C12H18N2O. The Bertz CT molecular complexity index is 308. The Morgan fingerprint density at radius 3 is 2.93 bits per heavy atom. The molecule has 1 N–H and O–H groups in total. The third-order valence-electron chi connectivity index (χ3n) is 2.83. The average molecular weight is 206 g/mol. The van der Waals surface area contributed by atoms with Crippen LogP contribution in [0.1, 0.15) is 31.4 Å². The number of nitrogens with zero attached hydrogens (tertiary/aromatic N) is 1. The van der Waals surface area contributed by atoms with Gasteiger partial charge in [-0.3, -0.25) is 0 Å². The van der Waals surface area contributed by atoms with E-state index in [1.165, 1.54) is 25.7 Å². The minimum atomic E-state index is 0.463. The topological polar surface area (TPSA) is 34.1 Å². The molecule has 82 valence electrons. The van der Waals surface area contributed by atoms with Crippen molar-refractivity contribution in [3.63, 3.8) is 0 Å². The van der Waals surface area contributed by atoms with Gasteiger partial charge in [-0.2, -0.15) is 0 Å². The first-order valence-electron chi connectivity index (χ1n) is 5.64. The Labute approximate surface area is 90.9 Å². The number of pyridine rings is 1. The van der Waals surface area contributed by atoms with Crippen molar-refractivity contribution in [1.29, 1.82) is 0 Å². The molecule has 1 aliphatic rings. The van der Waals surface area contributed by atoms with Crippen LogP contribution in [0.25, 0.3) is 0 Å². The maximum atomic E-state index is 5.80. The van der Waals surface area contributed by atoms with Gasteiger partial charge in [-0.05, 0) is 25.0 Å². The molecule has 0 atom stereocenters. The number of hydrogen-bond acceptors (Lipinski definition) is 3. The van der Waals surface area contributed by atoms with Gasteiger partial charge < -0.3 is 10.1 Å². The van der Waals surface area contributed by atoms with Crippen LogP contribution in [0, 0.1) is 0 Å². The SMILES string of the molecule is CNc1cccc(COC2CCCC2)n1. The summed E-state index contributed by atoms with van der Waals surface area (Å²) in [6.07, 6.45) is 5.52. The van der Waals surface area contributed by atoms with Crippen LogP contribution in [0.3, 0.4) is 0 Å². The summed E-state index contributed by atoms with van der Waals surface area (Å²) in [4.78, 5) is 4.42. The molecule has 1 aromatic heterocycles. The van der Waals surface area contributed by atoms with Gasteiger partial charge in [0.2, 0.25) is 0 Å². The molecule has 0 saturated heterocycles. The lowest BCUT2D eigenvalue weighted by atomic mass is 10.3. The lowest BCUT2D eigenvalue weighted by Gasteiger charge is -2.10. The molecule has 0 aromatic carbocycles. The van der Waals surface area contributed by atoms with Crippen LogP contribution in [0.5, 0.6) is 0 Å². The zero-order valence-corrected chi connectivity index (χ0v) is 9.20. The van der Waals surface area contributed by atoms with E-state index >= 15 is 0 Å². The fourth-order valence-corrected chi connectivity index (χ4v) is 1.96. The van der Waals surface area contributed by atoms with Crippen LogP contribution in [0.15, 0.2) is 18.2 Å². The summed E-state index contributed by atoms with van der Waals surface area (Å²) in [5, 5.41) is 3.03. The molecule has 1 aromatic rings. The smallest absolute Gasteiger partial charge is 0.126 e. The van der Waals surface area contributed by atoms with Crippen molar-refractivity contribution in [2.75, 3.05) is 12.4 Å². The van der Waals surface area contributed by atoms with Gasteiger partial charge in [0.25, 0.3) is 0 Å². The van der Waals surface area contributed by atoms with E-state index in [1.807, 2.05) is 25.2 Å². The first-order valence-corrected chi connectivity index (χ1v) is 5.64. The summed E-state index contributed by atoms with van der Waals surface area (Å²) >= 11 is 0. The predicted molar refractivity (Wildman–Crippen MR) is 60.8 cm³/mol. The Morgan fingerprint density at radius 1 is 1.40 bits per heavy atom. The molecule has 0 radical (unpaired) electrons. The van der Waals surface area contributed by atoms with Gasteiger partial charge in [-0.1, -0.05) is 18.9 Å². The maximum absolute atomic E-state index is 5.80. The molecule has 0 bridgehead atoms. The molecule has 0 amide bonds. The summed E-state index contributed by atoms with van der Waals surface area (Å²) in [7, 11) is 1.88. The van der Waals surface area contributed by atoms with E-state index < -0.39 is 0 Å². The van der Waals surface area contributed by atoms with E-state index in [-0.39, 0.29) is 0 Å². The monoisotopic (exact) mass is 206 g/mol. The Kier molecular flexibility index (Phi) is 3.56. The van der Waals surface area contributed by atoms with E-state index in [4.69, 9.17) is 4.74 Å². The zero-order chi connectivity index (χ0) is 10.5. The van der Waals surface area contributed by atoms with Crippen LogP contribution in [-0.2, 0) is 11.3 Å². The van der Waals surface area contributed by atoms with Gasteiger partial charge in [0, 0.05) is 7.05 Å². The highest BCUT2D eigenvalue weighted by Gasteiger charge is 2.15. The molecule has 3 nitrogen and oxygen atoms in total. The van der Waals surface area contributed by atoms with Crippen LogP contribution in [0.4, 0.5) is 5.82 Å². The second kappa shape index (κ2) is 5.12. The van der Waals surface area contributed by atoms with Crippen molar-refractivity contribution in [3.8, 4) is 0 Å². The zero-order valence-electron chi connectivity index (χ0n) is 9.20. The highest BCUT2D eigenvalue weighted by molar-refractivity contribution is 5.33. The average Bonchev–Trinajstić information content (AvgIpc) is 2.79. The van der Waals surface area contributed by atoms with Gasteiger partial charge in [0.05, 0.1) is 18.4 Å². The molecule has 2 rings (SSSR count). The quantitative estimate of drug-likeness (QED) is 0.822. The summed E-state index contributed by atoms with van der Waals surface area (Å²) in [5.41, 5.74) is 1.01. The van der Waals surface area contributed by atoms with Gasteiger partial charge in [0.15, 0.2) is 0 Å². The first-order chi connectivity index (χ1) is 7.38. The largest absolute Gasteiger partial charge is 0.373 e. The lowest BCUT2D eigenvalue weighted by Crippen LogP contribution is -2.08. The number of rotatable bonds is 4. The van der Waals surface area contributed by atoms with E-state index in [1.54, 1.807) is 0 Å². The van der Waals surface area contributed by atoms with Gasteiger partial charge in [-0.25, -0.2) is 4.98 Å². The number of anilines is 1. The standard InChI is InChI=1S/C12H18N2O/c1-13-12-8-4-5-10(14-12)9-15-11-6-2-3-7-11/h4-5,8,11H,2-3,6-7,9H2,1H3,(H,13,14). The van der Waals surface area contributed by atoms with E-state index in [2.05, 4.69) is 10.3 Å². The summed E-state index contributed by atoms with van der Waals surface area (Å²) in [6, 6.07) is 5.97. The van der Waals surface area contributed by atoms with Crippen molar-refractivity contribution in [2.45, 2.75) is 38.4 Å². The number of ether oxygens (including phenoxy) is 1. The molecule has 1 aliphatic carbocycles. The normalized spacial score (nSPS) is 16.9. The molecule has 3 heteroatoms. The maximum Gasteiger partial charge on any atom is 0.126 e. The van der Waals surface area contributed by atoms with Crippen LogP contribution >= 0.6 is 0 Å². The number of nitrogens with one attached hydrogen (secondary N) is 1. The van der Waals surface area contributed by atoms with Crippen LogP contribution in [-0.4, -0.2) is 18.1 Å². The van der Waals surface area contributed by atoms with Gasteiger partial charge >= 0.3 is 0 Å². The predicted octanol–water partition coefficient (Wildman–Crippen LogP) is 2.58. The second-order valence-electron chi connectivity index (χ2n) is 3.98. The third kappa shape index (κ3) is 2.93. The van der Waals surface area contributed by atoms with Crippen LogP contribution < -0.4 is 5.32 Å².